The van der Waals surface area contributed by atoms with Crippen molar-refractivity contribution in [3.05, 3.63) is 30.3 Å². The highest BCUT2D eigenvalue weighted by atomic mass is 16.5. The quantitative estimate of drug-likeness (QED) is 0.563. The fourth-order valence-corrected chi connectivity index (χ4v) is 2.67. The minimum Gasteiger partial charge on any atom is -0.493 e. The Labute approximate surface area is 162 Å². The van der Waals surface area contributed by atoms with Gasteiger partial charge in [-0.25, -0.2) is 0 Å². The van der Waals surface area contributed by atoms with Gasteiger partial charge in [0.1, 0.15) is 6.61 Å². The molecule has 1 N–H and O–H groups in total. The summed E-state index contributed by atoms with van der Waals surface area (Å²) in [4.78, 5) is 11.5. The Morgan fingerprint density at radius 3 is 2.68 bits per heavy atom. The van der Waals surface area contributed by atoms with Crippen LogP contribution >= 0.6 is 0 Å². The molecule has 0 saturated carbocycles. The highest BCUT2D eigenvalue weighted by Gasteiger charge is 2.13. The van der Waals surface area contributed by atoms with Gasteiger partial charge in [-0.1, -0.05) is 6.92 Å². The van der Waals surface area contributed by atoms with Gasteiger partial charge in [-0.15, -0.1) is 15.3 Å². The fraction of sp³-hybridized carbons (Fsp3) is 0.368. The van der Waals surface area contributed by atoms with Crippen LogP contribution in [0.3, 0.4) is 0 Å². The maximum absolute atomic E-state index is 11.5. The van der Waals surface area contributed by atoms with Gasteiger partial charge in [-0.3, -0.25) is 4.79 Å². The summed E-state index contributed by atoms with van der Waals surface area (Å²) in [5.74, 6) is 2.20. The minimum atomic E-state index is 0.0176. The Balaban J connectivity index is 1.76. The molecule has 0 aliphatic rings. The molecule has 2 heterocycles. The molecule has 0 atom stereocenters. The Bertz CT molecular complexity index is 957. The van der Waals surface area contributed by atoms with E-state index in [1.165, 1.54) is 0 Å². The van der Waals surface area contributed by atoms with Crippen LogP contribution < -0.4 is 19.5 Å². The molecular formula is C19H23N5O4. The molecular weight excluding hydrogens is 362 g/mol. The van der Waals surface area contributed by atoms with E-state index >= 15 is 0 Å². The zero-order chi connectivity index (χ0) is 19.9. The van der Waals surface area contributed by atoms with Crippen molar-refractivity contribution < 1.29 is 19.0 Å². The molecule has 3 rings (SSSR count). The Morgan fingerprint density at radius 2 is 1.93 bits per heavy atom. The Hall–Kier alpha value is -3.36. The second kappa shape index (κ2) is 9.03. The van der Waals surface area contributed by atoms with Crippen molar-refractivity contribution in [3.8, 4) is 28.8 Å². The van der Waals surface area contributed by atoms with Gasteiger partial charge in [-0.05, 0) is 30.7 Å². The number of carbonyl (C=O) groups is 1. The predicted octanol–water partition coefficient (Wildman–Crippen LogP) is 2.10. The summed E-state index contributed by atoms with van der Waals surface area (Å²) in [6, 6.07) is 8.96. The third-order valence-corrected chi connectivity index (χ3v) is 4.03. The molecule has 0 saturated heterocycles. The van der Waals surface area contributed by atoms with E-state index in [-0.39, 0.29) is 5.91 Å². The lowest BCUT2D eigenvalue weighted by atomic mass is 10.2. The zero-order valence-electron chi connectivity index (χ0n) is 16.1. The zero-order valence-corrected chi connectivity index (χ0v) is 16.1. The summed E-state index contributed by atoms with van der Waals surface area (Å²) in [6.45, 7) is 2.70. The molecule has 0 aliphatic heterocycles. The van der Waals surface area contributed by atoms with Gasteiger partial charge in [0.15, 0.2) is 23.0 Å². The number of rotatable bonds is 9. The van der Waals surface area contributed by atoms with Gasteiger partial charge in [0.2, 0.25) is 11.8 Å². The number of fused-ring (bicyclic) bond motifs is 1. The van der Waals surface area contributed by atoms with Crippen LogP contribution in [-0.2, 0) is 4.79 Å². The number of amides is 1. The number of nitrogens with zero attached hydrogens (tertiary/aromatic N) is 4. The minimum absolute atomic E-state index is 0.0176. The predicted molar refractivity (Wildman–Crippen MR) is 103 cm³/mol. The average Bonchev–Trinajstić information content (AvgIpc) is 3.14. The van der Waals surface area contributed by atoms with Crippen LogP contribution in [-0.4, -0.2) is 53.1 Å². The molecule has 9 nitrogen and oxygen atoms in total. The molecule has 1 amide bonds. The lowest BCUT2D eigenvalue weighted by molar-refractivity contribution is -0.121. The van der Waals surface area contributed by atoms with Crippen molar-refractivity contribution in [1.29, 1.82) is 0 Å². The number of benzene rings is 1. The van der Waals surface area contributed by atoms with Crippen LogP contribution in [0.5, 0.6) is 17.4 Å². The van der Waals surface area contributed by atoms with E-state index in [1.807, 2.05) is 19.1 Å². The van der Waals surface area contributed by atoms with Crippen LogP contribution in [0.1, 0.15) is 19.8 Å². The first-order chi connectivity index (χ1) is 13.7. The summed E-state index contributed by atoms with van der Waals surface area (Å²) >= 11 is 0. The van der Waals surface area contributed by atoms with Gasteiger partial charge in [-0.2, -0.15) is 4.52 Å². The van der Waals surface area contributed by atoms with E-state index in [1.54, 1.807) is 36.9 Å². The molecule has 0 unspecified atom stereocenters. The van der Waals surface area contributed by atoms with E-state index in [4.69, 9.17) is 14.2 Å². The molecule has 2 aromatic heterocycles. The summed E-state index contributed by atoms with van der Waals surface area (Å²) in [6.07, 6.45) is 1.33. The first kappa shape index (κ1) is 19.4. The van der Waals surface area contributed by atoms with Crippen LogP contribution in [0.25, 0.3) is 17.0 Å². The normalized spacial score (nSPS) is 10.7. The number of hydrogen-bond acceptors (Lipinski definition) is 7. The van der Waals surface area contributed by atoms with Gasteiger partial charge in [0.05, 0.1) is 20.8 Å². The van der Waals surface area contributed by atoms with Crippen LogP contribution in [0.2, 0.25) is 0 Å². The van der Waals surface area contributed by atoms with Crippen molar-refractivity contribution in [2.45, 2.75) is 19.8 Å². The summed E-state index contributed by atoms with van der Waals surface area (Å²) in [5, 5.41) is 15.6. The molecule has 9 heteroatoms. The molecule has 0 aliphatic carbocycles. The third-order valence-electron chi connectivity index (χ3n) is 4.03. The highest BCUT2D eigenvalue weighted by molar-refractivity contribution is 5.75. The summed E-state index contributed by atoms with van der Waals surface area (Å²) in [7, 11) is 3.16. The van der Waals surface area contributed by atoms with Crippen LogP contribution in [0, 0.1) is 0 Å². The number of carbonyl (C=O) groups excluding carboxylic acids is 1. The topological polar surface area (TPSA) is 99.9 Å². The van der Waals surface area contributed by atoms with Gasteiger partial charge >= 0.3 is 0 Å². The Kier molecular flexibility index (Phi) is 6.25. The number of aromatic nitrogens is 4. The van der Waals surface area contributed by atoms with E-state index in [2.05, 4.69) is 20.6 Å². The van der Waals surface area contributed by atoms with E-state index in [0.29, 0.717) is 48.4 Å². The average molecular weight is 385 g/mol. The van der Waals surface area contributed by atoms with Gasteiger partial charge < -0.3 is 19.5 Å². The molecule has 0 radical (unpaired) electrons. The van der Waals surface area contributed by atoms with Crippen molar-refractivity contribution in [1.82, 2.24) is 25.1 Å². The van der Waals surface area contributed by atoms with Crippen molar-refractivity contribution in [2.24, 2.45) is 0 Å². The standard InChI is InChI=1S/C19H23N5O4/c1-4-5-17(25)20-10-11-28-18-9-8-16-21-22-19(24(16)23-18)13-6-7-14(26-2)15(12-13)27-3/h6-9,12H,4-5,10-11H2,1-3H3,(H,20,25). The Morgan fingerprint density at radius 1 is 1.11 bits per heavy atom. The van der Waals surface area contributed by atoms with Gasteiger partial charge in [0, 0.05) is 18.1 Å². The first-order valence-electron chi connectivity index (χ1n) is 9.00. The molecule has 1 aromatic carbocycles. The fourth-order valence-electron chi connectivity index (χ4n) is 2.67. The number of methoxy groups -OCH3 is 2. The van der Waals surface area contributed by atoms with Crippen LogP contribution in [0.15, 0.2) is 30.3 Å². The largest absolute Gasteiger partial charge is 0.493 e. The van der Waals surface area contributed by atoms with Gasteiger partial charge in [0.25, 0.3) is 0 Å². The maximum atomic E-state index is 11.5. The lowest BCUT2D eigenvalue weighted by Crippen LogP contribution is -2.27. The van der Waals surface area contributed by atoms with E-state index in [0.717, 1.165) is 12.0 Å². The molecule has 148 valence electrons. The number of ether oxygens (including phenoxy) is 3. The van der Waals surface area contributed by atoms with Crippen molar-refractivity contribution >= 4 is 11.6 Å². The van der Waals surface area contributed by atoms with Crippen LogP contribution in [0.4, 0.5) is 0 Å². The van der Waals surface area contributed by atoms with Crippen molar-refractivity contribution in [3.63, 3.8) is 0 Å². The van der Waals surface area contributed by atoms with E-state index in [9.17, 15) is 4.79 Å². The summed E-state index contributed by atoms with van der Waals surface area (Å²) < 4.78 is 17.9. The lowest BCUT2D eigenvalue weighted by Gasteiger charge is -2.09. The SMILES string of the molecule is CCCC(=O)NCCOc1ccc2nnc(-c3ccc(OC)c(OC)c3)n2n1. The molecule has 0 bridgehead atoms. The van der Waals surface area contributed by atoms with Crippen molar-refractivity contribution in [2.75, 3.05) is 27.4 Å². The second-order valence-electron chi connectivity index (χ2n) is 5.98. The first-order valence-corrected chi connectivity index (χ1v) is 9.00. The molecule has 28 heavy (non-hydrogen) atoms. The molecule has 0 spiro atoms. The monoisotopic (exact) mass is 385 g/mol. The molecule has 3 aromatic rings. The second-order valence-corrected chi connectivity index (χ2v) is 5.98. The third kappa shape index (κ3) is 4.30. The smallest absolute Gasteiger partial charge is 0.231 e. The highest BCUT2D eigenvalue weighted by Crippen LogP contribution is 2.31. The summed E-state index contributed by atoms with van der Waals surface area (Å²) in [5.41, 5.74) is 1.37. The molecule has 0 fully saturated rings. The number of hydrogen-bond donors (Lipinski definition) is 1. The number of nitrogens with one attached hydrogen (secondary N) is 1. The maximum Gasteiger partial charge on any atom is 0.231 e. The van der Waals surface area contributed by atoms with E-state index < -0.39 is 0 Å².